The molecule has 1 aliphatic rings. The largest absolute Gasteiger partial charge is 0.444 e. The van der Waals surface area contributed by atoms with E-state index in [0.717, 1.165) is 22.3 Å². The first-order valence-electron chi connectivity index (χ1n) is 5.85. The van der Waals surface area contributed by atoms with E-state index in [0.29, 0.717) is 17.0 Å². The minimum absolute atomic E-state index is 0.608. The van der Waals surface area contributed by atoms with Crippen molar-refractivity contribution in [2.45, 2.75) is 25.4 Å². The maximum atomic E-state index is 6.05. The van der Waals surface area contributed by atoms with Crippen LogP contribution in [0.5, 0.6) is 0 Å². The number of hydrogen-bond donors (Lipinski definition) is 1. The Labute approximate surface area is 119 Å². The van der Waals surface area contributed by atoms with Crippen LogP contribution in [-0.2, 0) is 6.54 Å². The fourth-order valence-corrected chi connectivity index (χ4v) is 2.11. The van der Waals surface area contributed by atoms with Crippen molar-refractivity contribution in [3.8, 4) is 11.5 Å². The molecular weight excluding hydrogens is 316 g/mol. The van der Waals surface area contributed by atoms with Crippen molar-refractivity contribution < 1.29 is 4.42 Å². The third kappa shape index (κ3) is 2.76. The first-order chi connectivity index (χ1) is 8.72. The van der Waals surface area contributed by atoms with Crippen LogP contribution in [0.15, 0.2) is 33.4 Å². The summed E-state index contributed by atoms with van der Waals surface area (Å²) in [6, 6.07) is 6.34. The van der Waals surface area contributed by atoms with Crippen molar-refractivity contribution in [2.75, 3.05) is 0 Å². The Bertz CT molecular complexity index is 566. The molecule has 0 spiro atoms. The van der Waals surface area contributed by atoms with Gasteiger partial charge in [0.05, 0.1) is 10.7 Å². The molecular formula is C13H12BrClN2O. The van der Waals surface area contributed by atoms with E-state index in [9.17, 15) is 0 Å². The molecule has 5 heteroatoms. The molecule has 1 aromatic carbocycles. The van der Waals surface area contributed by atoms with Crippen molar-refractivity contribution in [1.82, 2.24) is 10.3 Å². The number of oxazole rings is 1. The van der Waals surface area contributed by atoms with Gasteiger partial charge in [-0.25, -0.2) is 4.98 Å². The highest BCUT2D eigenvalue weighted by Crippen LogP contribution is 2.28. The predicted molar refractivity (Wildman–Crippen MR) is 74.5 cm³/mol. The standard InChI is InChI=1S/C13H12BrClN2O/c14-11-4-1-8(5-12(11)15)13-17-10(7-18-13)6-16-9-2-3-9/h1,4-5,7,9,16H,2-3,6H2. The summed E-state index contributed by atoms with van der Waals surface area (Å²) in [5.74, 6) is 0.608. The molecule has 1 N–H and O–H groups in total. The third-order valence-electron chi connectivity index (χ3n) is 2.87. The Hall–Kier alpha value is -0.840. The molecule has 2 aromatic rings. The average molecular weight is 328 g/mol. The van der Waals surface area contributed by atoms with Gasteiger partial charge in [-0.1, -0.05) is 11.6 Å². The van der Waals surface area contributed by atoms with Crippen LogP contribution < -0.4 is 5.32 Å². The fraction of sp³-hybridized carbons (Fsp3) is 0.308. The number of hydrogen-bond acceptors (Lipinski definition) is 3. The lowest BCUT2D eigenvalue weighted by molar-refractivity contribution is 0.570. The van der Waals surface area contributed by atoms with E-state index in [-0.39, 0.29) is 0 Å². The van der Waals surface area contributed by atoms with Crippen molar-refractivity contribution in [3.63, 3.8) is 0 Å². The zero-order valence-electron chi connectivity index (χ0n) is 9.62. The van der Waals surface area contributed by atoms with Crippen molar-refractivity contribution >= 4 is 27.5 Å². The van der Waals surface area contributed by atoms with Gasteiger partial charge in [-0.2, -0.15) is 0 Å². The summed E-state index contributed by atoms with van der Waals surface area (Å²) in [7, 11) is 0. The van der Waals surface area contributed by atoms with E-state index in [1.54, 1.807) is 6.26 Å². The minimum Gasteiger partial charge on any atom is -0.444 e. The monoisotopic (exact) mass is 326 g/mol. The van der Waals surface area contributed by atoms with Gasteiger partial charge in [-0.15, -0.1) is 0 Å². The minimum atomic E-state index is 0.608. The molecule has 3 rings (SSSR count). The topological polar surface area (TPSA) is 38.1 Å². The SMILES string of the molecule is Clc1cc(-c2nc(CNC3CC3)co2)ccc1Br. The van der Waals surface area contributed by atoms with Crippen LogP contribution in [0.4, 0.5) is 0 Å². The van der Waals surface area contributed by atoms with Gasteiger partial charge < -0.3 is 9.73 Å². The van der Waals surface area contributed by atoms with E-state index < -0.39 is 0 Å². The van der Waals surface area contributed by atoms with Crippen LogP contribution >= 0.6 is 27.5 Å². The van der Waals surface area contributed by atoms with Gasteiger partial charge in [0.25, 0.3) is 0 Å². The van der Waals surface area contributed by atoms with E-state index in [2.05, 4.69) is 26.2 Å². The van der Waals surface area contributed by atoms with E-state index in [1.807, 2.05) is 18.2 Å². The van der Waals surface area contributed by atoms with Crippen molar-refractivity contribution in [2.24, 2.45) is 0 Å². The van der Waals surface area contributed by atoms with Crippen LogP contribution in [0.3, 0.4) is 0 Å². The number of benzene rings is 1. The molecule has 0 unspecified atom stereocenters. The molecule has 94 valence electrons. The van der Waals surface area contributed by atoms with E-state index in [4.69, 9.17) is 16.0 Å². The van der Waals surface area contributed by atoms with Gasteiger partial charge in [0, 0.05) is 22.6 Å². The molecule has 3 nitrogen and oxygen atoms in total. The summed E-state index contributed by atoms with van der Waals surface area (Å²) >= 11 is 9.41. The first kappa shape index (κ1) is 12.2. The quantitative estimate of drug-likeness (QED) is 0.922. The van der Waals surface area contributed by atoms with Gasteiger partial charge in [0.15, 0.2) is 0 Å². The molecule has 1 aromatic heterocycles. The first-order valence-corrected chi connectivity index (χ1v) is 7.02. The Balaban J connectivity index is 1.76. The highest BCUT2D eigenvalue weighted by Gasteiger charge is 2.20. The molecule has 1 heterocycles. The van der Waals surface area contributed by atoms with Crippen LogP contribution in [-0.4, -0.2) is 11.0 Å². The lowest BCUT2D eigenvalue weighted by Gasteiger charge is -1.99. The van der Waals surface area contributed by atoms with Crippen molar-refractivity contribution in [1.29, 1.82) is 0 Å². The second-order valence-corrected chi connectivity index (χ2v) is 5.69. The van der Waals surface area contributed by atoms with Crippen LogP contribution in [0.1, 0.15) is 18.5 Å². The highest BCUT2D eigenvalue weighted by atomic mass is 79.9. The van der Waals surface area contributed by atoms with Gasteiger partial charge in [-0.05, 0) is 47.0 Å². The van der Waals surface area contributed by atoms with E-state index >= 15 is 0 Å². The summed E-state index contributed by atoms with van der Waals surface area (Å²) in [6.07, 6.45) is 4.24. The van der Waals surface area contributed by atoms with Gasteiger partial charge in [0.1, 0.15) is 6.26 Å². The Morgan fingerprint density at radius 3 is 3.00 bits per heavy atom. The van der Waals surface area contributed by atoms with Gasteiger partial charge >= 0.3 is 0 Å². The Kier molecular flexibility index (Phi) is 3.41. The Morgan fingerprint density at radius 2 is 2.28 bits per heavy atom. The summed E-state index contributed by atoms with van der Waals surface area (Å²) in [6.45, 7) is 0.762. The average Bonchev–Trinajstić information content (AvgIpc) is 3.08. The summed E-state index contributed by atoms with van der Waals surface area (Å²) in [4.78, 5) is 4.45. The molecule has 0 radical (unpaired) electrons. The van der Waals surface area contributed by atoms with Crippen LogP contribution in [0, 0.1) is 0 Å². The lowest BCUT2D eigenvalue weighted by Crippen LogP contribution is -2.15. The Morgan fingerprint density at radius 1 is 1.44 bits per heavy atom. The lowest BCUT2D eigenvalue weighted by atomic mass is 10.2. The van der Waals surface area contributed by atoms with Crippen LogP contribution in [0.2, 0.25) is 5.02 Å². The number of aromatic nitrogens is 1. The number of nitrogens with one attached hydrogen (secondary N) is 1. The fourth-order valence-electron chi connectivity index (χ4n) is 1.69. The van der Waals surface area contributed by atoms with Crippen molar-refractivity contribution in [3.05, 3.63) is 39.7 Å². The van der Waals surface area contributed by atoms with Gasteiger partial charge in [-0.3, -0.25) is 0 Å². The molecule has 0 atom stereocenters. The molecule has 18 heavy (non-hydrogen) atoms. The summed E-state index contributed by atoms with van der Waals surface area (Å²) in [5.41, 5.74) is 1.82. The zero-order chi connectivity index (χ0) is 12.5. The smallest absolute Gasteiger partial charge is 0.226 e. The molecule has 1 fully saturated rings. The van der Waals surface area contributed by atoms with E-state index in [1.165, 1.54) is 12.8 Å². The highest BCUT2D eigenvalue weighted by molar-refractivity contribution is 9.10. The summed E-state index contributed by atoms with van der Waals surface area (Å²) < 4.78 is 6.34. The molecule has 1 aliphatic carbocycles. The number of rotatable bonds is 4. The second-order valence-electron chi connectivity index (χ2n) is 4.43. The molecule has 0 amide bonds. The maximum Gasteiger partial charge on any atom is 0.226 e. The summed E-state index contributed by atoms with van der Waals surface area (Å²) in [5, 5.41) is 4.06. The molecule has 1 saturated carbocycles. The normalized spacial score (nSPS) is 15.0. The number of halogens is 2. The molecule has 0 aliphatic heterocycles. The predicted octanol–water partition coefficient (Wildman–Crippen LogP) is 4.01. The van der Waals surface area contributed by atoms with Gasteiger partial charge in [0.2, 0.25) is 5.89 Å². The molecule has 0 bridgehead atoms. The number of nitrogens with zero attached hydrogens (tertiary/aromatic N) is 1. The van der Waals surface area contributed by atoms with Crippen LogP contribution in [0.25, 0.3) is 11.5 Å². The zero-order valence-corrected chi connectivity index (χ0v) is 12.0. The second kappa shape index (κ2) is 5.03. The maximum absolute atomic E-state index is 6.05. The molecule has 0 saturated heterocycles. The third-order valence-corrected chi connectivity index (χ3v) is 4.10.